The summed E-state index contributed by atoms with van der Waals surface area (Å²) in [7, 11) is 0. The van der Waals surface area contributed by atoms with Crippen molar-refractivity contribution in [2.45, 2.75) is 0 Å². The normalized spacial score (nSPS) is 9.95. The lowest BCUT2D eigenvalue weighted by Gasteiger charge is -2.10. The number of nitrogens with one attached hydrogen (secondary N) is 1. The molecule has 2 rings (SSSR count). The number of halogens is 1. The highest BCUT2D eigenvalue weighted by molar-refractivity contribution is 14.1. The first kappa shape index (κ1) is 15.3. The molecule has 0 fully saturated rings. The van der Waals surface area contributed by atoms with E-state index in [4.69, 9.17) is 10.5 Å². The van der Waals surface area contributed by atoms with Gasteiger partial charge in [0.1, 0.15) is 5.75 Å². The van der Waals surface area contributed by atoms with Crippen molar-refractivity contribution in [3.8, 4) is 5.75 Å². The highest BCUT2D eigenvalue weighted by Crippen LogP contribution is 2.20. The second-order valence-electron chi connectivity index (χ2n) is 4.22. The molecule has 0 unspecified atom stereocenters. The minimum Gasteiger partial charge on any atom is -0.483 e. The Morgan fingerprint density at radius 3 is 2.62 bits per heavy atom. The molecule has 108 valence electrons. The third kappa shape index (κ3) is 4.45. The number of carbonyl (C=O) groups excluding carboxylic acids is 2. The smallest absolute Gasteiger partial charge is 0.259 e. The van der Waals surface area contributed by atoms with Crippen LogP contribution in [0.2, 0.25) is 0 Å². The minimum atomic E-state index is -0.595. The summed E-state index contributed by atoms with van der Waals surface area (Å²) in [6.45, 7) is -0.270. The van der Waals surface area contributed by atoms with Crippen molar-refractivity contribution in [3.05, 3.63) is 57.7 Å². The lowest BCUT2D eigenvalue weighted by molar-refractivity contribution is -0.119. The predicted molar refractivity (Wildman–Crippen MR) is 88.2 cm³/mol. The fourth-order valence-electron chi connectivity index (χ4n) is 1.69. The van der Waals surface area contributed by atoms with E-state index in [2.05, 4.69) is 27.9 Å². The number of para-hydroxylation sites is 1. The van der Waals surface area contributed by atoms with Gasteiger partial charge in [-0.3, -0.25) is 9.59 Å². The molecule has 21 heavy (non-hydrogen) atoms. The van der Waals surface area contributed by atoms with E-state index in [0.717, 1.165) is 3.57 Å². The molecule has 0 aliphatic rings. The maximum absolute atomic E-state index is 12.3. The zero-order chi connectivity index (χ0) is 15.2. The lowest BCUT2D eigenvalue weighted by atomic mass is 10.2. The first-order valence-corrected chi connectivity index (χ1v) is 7.21. The van der Waals surface area contributed by atoms with Crippen molar-refractivity contribution >= 4 is 40.1 Å². The van der Waals surface area contributed by atoms with Gasteiger partial charge in [0.15, 0.2) is 6.61 Å². The second-order valence-corrected chi connectivity index (χ2v) is 5.46. The molecule has 3 N–H and O–H groups in total. The molecule has 0 bridgehead atoms. The van der Waals surface area contributed by atoms with Crippen LogP contribution in [0, 0.1) is 3.57 Å². The fourth-order valence-corrected chi connectivity index (χ4v) is 2.24. The van der Waals surface area contributed by atoms with Crippen molar-refractivity contribution in [2.24, 2.45) is 5.73 Å². The number of amides is 2. The van der Waals surface area contributed by atoms with Crippen molar-refractivity contribution in [1.82, 2.24) is 0 Å². The molecular formula is C15H13IN2O3. The van der Waals surface area contributed by atoms with E-state index in [1.807, 2.05) is 18.2 Å². The molecule has 0 heterocycles. The van der Waals surface area contributed by atoms with Gasteiger partial charge in [-0.05, 0) is 52.9 Å². The number of carbonyl (C=O) groups is 2. The van der Waals surface area contributed by atoms with Crippen LogP contribution in [-0.2, 0) is 4.79 Å². The molecule has 0 spiro atoms. The van der Waals surface area contributed by atoms with E-state index in [1.165, 1.54) is 0 Å². The Balaban J connectivity index is 2.17. The average Bonchev–Trinajstić information content (AvgIpc) is 2.45. The van der Waals surface area contributed by atoms with Crippen molar-refractivity contribution in [1.29, 1.82) is 0 Å². The molecule has 0 saturated heterocycles. The molecule has 0 saturated carbocycles. The van der Waals surface area contributed by atoms with E-state index in [1.54, 1.807) is 30.3 Å². The molecule has 0 radical (unpaired) electrons. The van der Waals surface area contributed by atoms with Gasteiger partial charge in [-0.25, -0.2) is 0 Å². The third-order valence-corrected chi connectivity index (χ3v) is 3.26. The SMILES string of the molecule is NC(=O)COc1ccccc1C(=O)Nc1cccc(I)c1. The van der Waals surface area contributed by atoms with Crippen LogP contribution < -0.4 is 15.8 Å². The van der Waals surface area contributed by atoms with Gasteiger partial charge in [-0.1, -0.05) is 18.2 Å². The standard InChI is InChI=1S/C15H13IN2O3/c16-10-4-3-5-11(8-10)18-15(20)12-6-1-2-7-13(12)21-9-14(17)19/h1-8H,9H2,(H2,17,19)(H,18,20). The van der Waals surface area contributed by atoms with Crippen LogP contribution >= 0.6 is 22.6 Å². The topological polar surface area (TPSA) is 81.4 Å². The maximum atomic E-state index is 12.3. The van der Waals surface area contributed by atoms with Crippen LogP contribution in [0.3, 0.4) is 0 Å². The molecule has 2 aromatic rings. The molecule has 0 aliphatic carbocycles. The summed E-state index contributed by atoms with van der Waals surface area (Å²) in [5.41, 5.74) is 6.08. The van der Waals surface area contributed by atoms with Gasteiger partial charge < -0.3 is 15.8 Å². The molecule has 2 amide bonds. The summed E-state index contributed by atoms with van der Waals surface area (Å²) < 4.78 is 6.26. The molecule has 0 atom stereocenters. The maximum Gasteiger partial charge on any atom is 0.259 e. The Labute approximate surface area is 135 Å². The summed E-state index contributed by atoms with van der Waals surface area (Å²) >= 11 is 2.17. The van der Waals surface area contributed by atoms with Gasteiger partial charge in [-0.15, -0.1) is 0 Å². The zero-order valence-corrected chi connectivity index (χ0v) is 13.2. The van der Waals surface area contributed by atoms with Gasteiger partial charge in [0.2, 0.25) is 0 Å². The largest absolute Gasteiger partial charge is 0.483 e. The Hall–Kier alpha value is -2.09. The van der Waals surface area contributed by atoms with Crippen LogP contribution in [0.4, 0.5) is 5.69 Å². The monoisotopic (exact) mass is 396 g/mol. The fraction of sp³-hybridized carbons (Fsp3) is 0.0667. The highest BCUT2D eigenvalue weighted by atomic mass is 127. The zero-order valence-electron chi connectivity index (χ0n) is 11.0. The van der Waals surface area contributed by atoms with Crippen molar-refractivity contribution in [2.75, 3.05) is 11.9 Å². The number of hydrogen-bond acceptors (Lipinski definition) is 3. The van der Waals surface area contributed by atoms with E-state index in [0.29, 0.717) is 17.0 Å². The predicted octanol–water partition coefficient (Wildman–Crippen LogP) is 2.41. The Morgan fingerprint density at radius 2 is 1.90 bits per heavy atom. The summed E-state index contributed by atoms with van der Waals surface area (Å²) in [6.07, 6.45) is 0. The first-order valence-electron chi connectivity index (χ1n) is 6.13. The van der Waals surface area contributed by atoms with Crippen LogP contribution in [0.15, 0.2) is 48.5 Å². The van der Waals surface area contributed by atoms with E-state index in [9.17, 15) is 9.59 Å². The number of hydrogen-bond donors (Lipinski definition) is 2. The Bertz CT molecular complexity index is 673. The molecule has 0 aromatic heterocycles. The van der Waals surface area contributed by atoms with E-state index < -0.39 is 5.91 Å². The van der Waals surface area contributed by atoms with Gasteiger partial charge in [0.05, 0.1) is 5.56 Å². The molecular weight excluding hydrogens is 383 g/mol. The Kier molecular flexibility index (Phi) is 5.15. The number of nitrogens with two attached hydrogens (primary N) is 1. The van der Waals surface area contributed by atoms with Crippen molar-refractivity contribution in [3.63, 3.8) is 0 Å². The van der Waals surface area contributed by atoms with Crippen LogP contribution in [0.25, 0.3) is 0 Å². The minimum absolute atomic E-state index is 0.270. The van der Waals surface area contributed by atoms with Crippen LogP contribution in [-0.4, -0.2) is 18.4 Å². The number of rotatable bonds is 5. The highest BCUT2D eigenvalue weighted by Gasteiger charge is 2.13. The van der Waals surface area contributed by atoms with Crippen molar-refractivity contribution < 1.29 is 14.3 Å². The van der Waals surface area contributed by atoms with E-state index in [-0.39, 0.29) is 12.5 Å². The van der Waals surface area contributed by atoms with Crippen LogP contribution in [0.1, 0.15) is 10.4 Å². The van der Waals surface area contributed by atoms with Gasteiger partial charge in [0, 0.05) is 9.26 Å². The summed E-state index contributed by atoms with van der Waals surface area (Å²) in [4.78, 5) is 23.1. The molecule has 6 heteroatoms. The number of anilines is 1. The van der Waals surface area contributed by atoms with Gasteiger partial charge >= 0.3 is 0 Å². The van der Waals surface area contributed by atoms with Crippen LogP contribution in [0.5, 0.6) is 5.75 Å². The third-order valence-electron chi connectivity index (χ3n) is 2.58. The Morgan fingerprint density at radius 1 is 1.14 bits per heavy atom. The summed E-state index contributed by atoms with van der Waals surface area (Å²) in [5, 5.41) is 2.79. The summed E-state index contributed by atoms with van der Waals surface area (Å²) in [5.74, 6) is -0.584. The quantitative estimate of drug-likeness (QED) is 0.762. The molecule has 2 aromatic carbocycles. The van der Waals surface area contributed by atoms with E-state index >= 15 is 0 Å². The average molecular weight is 396 g/mol. The number of ether oxygens (including phenoxy) is 1. The van der Waals surface area contributed by atoms with Gasteiger partial charge in [0.25, 0.3) is 11.8 Å². The lowest BCUT2D eigenvalue weighted by Crippen LogP contribution is -2.21. The molecule has 0 aliphatic heterocycles. The molecule has 5 nitrogen and oxygen atoms in total. The number of primary amides is 1. The first-order chi connectivity index (χ1) is 10.1. The summed E-state index contributed by atoms with van der Waals surface area (Å²) in [6, 6.07) is 14.1. The number of benzene rings is 2. The second kappa shape index (κ2) is 7.07. The van der Waals surface area contributed by atoms with Gasteiger partial charge in [-0.2, -0.15) is 0 Å².